The smallest absolute Gasteiger partial charge is 0.269 e. The lowest BCUT2D eigenvalue weighted by Gasteiger charge is -2.44. The molecule has 2 unspecified atom stereocenters. The highest BCUT2D eigenvalue weighted by atomic mass is 19.1. The molecule has 0 spiro atoms. The minimum atomic E-state index is -0.998. The van der Waals surface area contributed by atoms with Crippen molar-refractivity contribution in [2.75, 3.05) is 54.4 Å². The van der Waals surface area contributed by atoms with Crippen LogP contribution in [0.4, 0.5) is 31.5 Å². The van der Waals surface area contributed by atoms with Gasteiger partial charge in [0, 0.05) is 86.9 Å². The van der Waals surface area contributed by atoms with Gasteiger partial charge in [-0.3, -0.25) is 24.5 Å². The molecule has 1 N–H and O–H groups in total. The number of piperazine rings is 1. The van der Waals surface area contributed by atoms with Crippen LogP contribution in [0.1, 0.15) is 38.7 Å². The van der Waals surface area contributed by atoms with Gasteiger partial charge in [0.25, 0.3) is 23.1 Å². The number of carbonyl (C=O) groups is 2. The number of halogens is 2. The molecule has 1 aromatic heterocycles. The molecule has 4 heterocycles. The first-order valence-corrected chi connectivity index (χ1v) is 15.8. The Labute approximate surface area is 274 Å². The second-order valence-electron chi connectivity index (χ2n) is 12.4. The Bertz CT molecular complexity index is 1950. The van der Waals surface area contributed by atoms with Crippen LogP contribution in [0.3, 0.4) is 0 Å². The molecule has 3 aliphatic rings. The summed E-state index contributed by atoms with van der Waals surface area (Å²) in [6, 6.07) is 19.8. The molecule has 0 radical (unpaired) electrons. The summed E-state index contributed by atoms with van der Waals surface area (Å²) in [5.41, 5.74) is 2.19. The average molecular weight is 655 g/mol. The van der Waals surface area contributed by atoms with Crippen molar-refractivity contribution in [1.82, 2.24) is 9.47 Å². The lowest BCUT2D eigenvalue weighted by molar-refractivity contribution is -0.384. The van der Waals surface area contributed by atoms with Gasteiger partial charge in [-0.05, 0) is 60.9 Å². The number of amides is 2. The average Bonchev–Trinajstić information content (AvgIpc) is 3.08. The minimum Gasteiger partial charge on any atom is -0.369 e. The SMILES string of the molecule is O=C(Nc1cc(C(=O)N2CCN(c3ccc([N+](=O)[O-])cc3)CC2)ccc1N1CC2CC(C1)c1cccc(=O)n1C2)c1c(F)cccc1F. The van der Waals surface area contributed by atoms with E-state index >= 15 is 0 Å². The topological polar surface area (TPSA) is 121 Å². The molecular weight excluding hydrogens is 622 g/mol. The first-order valence-electron chi connectivity index (χ1n) is 15.8. The maximum absolute atomic E-state index is 14.6. The molecule has 246 valence electrons. The molecule has 11 nitrogen and oxygen atoms in total. The summed E-state index contributed by atoms with van der Waals surface area (Å²) in [5, 5.41) is 13.7. The summed E-state index contributed by atoms with van der Waals surface area (Å²) in [4.78, 5) is 56.0. The number of nitro groups is 1. The molecule has 4 aromatic rings. The van der Waals surface area contributed by atoms with Crippen molar-refractivity contribution in [2.45, 2.75) is 18.9 Å². The molecule has 3 aliphatic heterocycles. The highest BCUT2D eigenvalue weighted by molar-refractivity contribution is 6.07. The normalized spacial score (nSPS) is 18.7. The summed E-state index contributed by atoms with van der Waals surface area (Å²) < 4.78 is 31.1. The standard InChI is InChI=1S/C35H32F2N6O5/c36-27-3-1-4-28(37)33(27)34(45)38-29-18-23(35(46)40-15-13-39(14-16-40)25-8-10-26(11-9-25)43(47)48)7-12-31(29)41-19-22-17-24(21-41)30-5-2-6-32(44)42(30)20-22/h1-12,18,22,24H,13-17,19-21H2,(H,38,45). The monoisotopic (exact) mass is 654 g/mol. The highest BCUT2D eigenvalue weighted by Gasteiger charge is 2.36. The number of non-ortho nitro benzene ring substituents is 1. The Morgan fingerprint density at radius 2 is 1.54 bits per heavy atom. The zero-order valence-corrected chi connectivity index (χ0v) is 25.9. The van der Waals surface area contributed by atoms with Crippen molar-refractivity contribution >= 4 is 34.6 Å². The number of benzene rings is 3. The van der Waals surface area contributed by atoms with Crippen molar-refractivity contribution in [3.05, 3.63) is 128 Å². The van der Waals surface area contributed by atoms with Crippen LogP contribution in [-0.2, 0) is 6.54 Å². The number of nitrogens with zero attached hydrogens (tertiary/aromatic N) is 5. The van der Waals surface area contributed by atoms with Crippen LogP contribution < -0.4 is 20.7 Å². The van der Waals surface area contributed by atoms with Crippen LogP contribution in [0.25, 0.3) is 0 Å². The van der Waals surface area contributed by atoms with E-state index in [1.54, 1.807) is 47.4 Å². The van der Waals surface area contributed by atoms with Gasteiger partial charge in [0.2, 0.25) is 0 Å². The largest absolute Gasteiger partial charge is 0.369 e. The molecule has 2 bridgehead atoms. The number of carbonyl (C=O) groups excluding carboxylic acids is 2. The van der Waals surface area contributed by atoms with Crippen LogP contribution >= 0.6 is 0 Å². The number of hydrogen-bond donors (Lipinski definition) is 1. The Hall–Kier alpha value is -5.59. The number of nitro benzene ring substituents is 1. The zero-order valence-electron chi connectivity index (χ0n) is 25.9. The number of nitrogens with one attached hydrogen (secondary N) is 1. The van der Waals surface area contributed by atoms with Crippen molar-refractivity contribution in [3.63, 3.8) is 0 Å². The van der Waals surface area contributed by atoms with Gasteiger partial charge >= 0.3 is 0 Å². The van der Waals surface area contributed by atoms with E-state index in [1.807, 2.05) is 15.5 Å². The second-order valence-corrected chi connectivity index (χ2v) is 12.4. The summed E-state index contributed by atoms with van der Waals surface area (Å²) in [7, 11) is 0. The summed E-state index contributed by atoms with van der Waals surface area (Å²) in [6.07, 6.45) is 0.907. The summed E-state index contributed by atoms with van der Waals surface area (Å²) in [6.45, 7) is 3.52. The van der Waals surface area contributed by atoms with Crippen LogP contribution in [0.15, 0.2) is 83.7 Å². The lowest BCUT2D eigenvalue weighted by atomic mass is 9.83. The first-order chi connectivity index (χ1) is 23.2. The Balaban J connectivity index is 1.15. The van der Waals surface area contributed by atoms with E-state index in [0.717, 1.165) is 29.9 Å². The minimum absolute atomic E-state index is 0.00436. The maximum Gasteiger partial charge on any atom is 0.269 e. The van der Waals surface area contributed by atoms with Crippen LogP contribution in [0.2, 0.25) is 0 Å². The van der Waals surface area contributed by atoms with Crippen molar-refractivity contribution in [3.8, 4) is 0 Å². The van der Waals surface area contributed by atoms with Crippen molar-refractivity contribution in [1.29, 1.82) is 0 Å². The number of rotatable bonds is 6. The molecule has 13 heteroatoms. The highest BCUT2D eigenvalue weighted by Crippen LogP contribution is 2.39. The number of pyridine rings is 1. The molecule has 2 amide bonds. The van der Waals surface area contributed by atoms with Crippen LogP contribution in [-0.4, -0.2) is 65.5 Å². The second kappa shape index (κ2) is 12.5. The number of fused-ring (bicyclic) bond motifs is 4. The first kappa shape index (κ1) is 31.0. The quantitative estimate of drug-likeness (QED) is 0.233. The van der Waals surface area contributed by atoms with Crippen LogP contribution in [0.5, 0.6) is 0 Å². The predicted octanol–water partition coefficient (Wildman–Crippen LogP) is 4.87. The third-order valence-electron chi connectivity index (χ3n) is 9.49. The van der Waals surface area contributed by atoms with Gasteiger partial charge in [-0.1, -0.05) is 12.1 Å². The fraction of sp³-hybridized carbons (Fsp3) is 0.286. The third-order valence-corrected chi connectivity index (χ3v) is 9.49. The Kier molecular flexibility index (Phi) is 8.11. The fourth-order valence-corrected chi connectivity index (χ4v) is 7.17. The van der Waals surface area contributed by atoms with E-state index < -0.39 is 28.0 Å². The van der Waals surface area contributed by atoms with Gasteiger partial charge in [0.1, 0.15) is 17.2 Å². The van der Waals surface area contributed by atoms with Crippen molar-refractivity contribution in [2.24, 2.45) is 5.92 Å². The number of piperidine rings is 1. The van der Waals surface area contributed by atoms with E-state index in [-0.39, 0.29) is 34.7 Å². The maximum atomic E-state index is 14.6. The molecule has 3 aromatic carbocycles. The molecular formula is C35H32F2N6O5. The molecule has 0 aliphatic carbocycles. The summed E-state index contributed by atoms with van der Waals surface area (Å²) in [5.74, 6) is -3.00. The zero-order chi connectivity index (χ0) is 33.5. The molecule has 2 saturated heterocycles. The van der Waals surface area contributed by atoms with Gasteiger partial charge in [0.15, 0.2) is 0 Å². The molecule has 48 heavy (non-hydrogen) atoms. The van der Waals surface area contributed by atoms with E-state index in [4.69, 9.17) is 0 Å². The van der Waals surface area contributed by atoms with Crippen molar-refractivity contribution < 1.29 is 23.3 Å². The van der Waals surface area contributed by atoms with Gasteiger partial charge in [-0.25, -0.2) is 8.78 Å². The van der Waals surface area contributed by atoms with Gasteiger partial charge in [0.05, 0.1) is 16.3 Å². The fourth-order valence-electron chi connectivity index (χ4n) is 7.17. The summed E-state index contributed by atoms with van der Waals surface area (Å²) >= 11 is 0. The Morgan fingerprint density at radius 3 is 2.25 bits per heavy atom. The van der Waals surface area contributed by atoms with E-state index in [0.29, 0.717) is 57.1 Å². The molecule has 2 atom stereocenters. The number of hydrogen-bond acceptors (Lipinski definition) is 7. The van der Waals surface area contributed by atoms with Crippen LogP contribution in [0, 0.1) is 27.7 Å². The molecule has 2 fully saturated rings. The predicted molar refractivity (Wildman–Crippen MR) is 176 cm³/mol. The molecule has 7 rings (SSSR count). The third kappa shape index (κ3) is 5.87. The van der Waals surface area contributed by atoms with E-state index in [1.165, 1.54) is 18.2 Å². The van der Waals surface area contributed by atoms with E-state index in [2.05, 4.69) is 10.2 Å². The van der Waals surface area contributed by atoms with Gasteiger partial charge in [-0.15, -0.1) is 0 Å². The van der Waals surface area contributed by atoms with E-state index in [9.17, 15) is 33.3 Å². The molecule has 0 saturated carbocycles. The number of anilines is 3. The number of aromatic nitrogens is 1. The Morgan fingerprint density at radius 1 is 0.833 bits per heavy atom. The van der Waals surface area contributed by atoms with Gasteiger partial charge < -0.3 is 24.6 Å². The lowest BCUT2D eigenvalue weighted by Crippen LogP contribution is -2.49. The van der Waals surface area contributed by atoms with Gasteiger partial charge in [-0.2, -0.15) is 0 Å².